The average Bonchev–Trinajstić information content (AvgIpc) is 2.72. The van der Waals surface area contributed by atoms with Gasteiger partial charge in [0.15, 0.2) is 12.4 Å². The van der Waals surface area contributed by atoms with Gasteiger partial charge in [-0.25, -0.2) is 8.96 Å². The highest BCUT2D eigenvalue weighted by Crippen LogP contribution is 2.36. The Hall–Kier alpha value is -2.66. The van der Waals surface area contributed by atoms with Gasteiger partial charge in [-0.1, -0.05) is 0 Å². The van der Waals surface area contributed by atoms with E-state index in [0.29, 0.717) is 6.07 Å². The van der Waals surface area contributed by atoms with E-state index in [9.17, 15) is 31.1 Å². The molecule has 0 aliphatic rings. The molecule has 0 heterocycles. The van der Waals surface area contributed by atoms with E-state index in [2.05, 4.69) is 9.84 Å². The minimum Gasteiger partial charge on any atom is -0.338 e. The van der Waals surface area contributed by atoms with Crippen LogP contribution in [0.15, 0.2) is 47.4 Å². The maximum atomic E-state index is 13.2. The van der Waals surface area contributed by atoms with Gasteiger partial charge in [0.05, 0.1) is 33.7 Å². The second-order valence-electron chi connectivity index (χ2n) is 6.88. The summed E-state index contributed by atoms with van der Waals surface area (Å²) in [6.45, 7) is -0.0584. The summed E-state index contributed by atoms with van der Waals surface area (Å²) in [7, 11) is -7.02. The smallest absolute Gasteiger partial charge is 0.338 e. The number of ether oxygens (including phenoxy) is 1. The first kappa shape index (κ1) is 27.6. The van der Waals surface area contributed by atoms with Gasteiger partial charge in [-0.05, 0) is 49.4 Å². The van der Waals surface area contributed by atoms with E-state index >= 15 is 0 Å². The first-order chi connectivity index (χ1) is 15.6. The highest BCUT2D eigenvalue weighted by atomic mass is 32.2. The number of nitriles is 1. The molecule has 2 aromatic rings. The number of halogens is 4. The molecular weight excluding hydrogens is 507 g/mol. The van der Waals surface area contributed by atoms with Crippen molar-refractivity contribution in [1.29, 1.82) is 5.26 Å². The minimum absolute atomic E-state index is 0.0812. The predicted molar refractivity (Wildman–Crippen MR) is 110 cm³/mol. The molecule has 0 fully saturated rings. The zero-order chi connectivity index (χ0) is 25.7. The Labute approximate surface area is 193 Å². The lowest BCUT2D eigenvalue weighted by Gasteiger charge is -2.28. The predicted octanol–water partition coefficient (Wildman–Crippen LogP) is 3.30. The summed E-state index contributed by atoms with van der Waals surface area (Å²) in [6.07, 6.45) is -4.90. The number of phosphoric acid groups is 1. The number of amides is 1. The lowest BCUT2D eigenvalue weighted by atomic mass is 10.1. The summed E-state index contributed by atoms with van der Waals surface area (Å²) in [6, 6.07) is 8.13. The number of hydrogen-bond donors (Lipinski definition) is 3. The molecule has 184 valence electrons. The van der Waals surface area contributed by atoms with Crippen LogP contribution in [0.1, 0.15) is 18.1 Å². The molecule has 34 heavy (non-hydrogen) atoms. The highest BCUT2D eigenvalue weighted by Gasteiger charge is 2.39. The van der Waals surface area contributed by atoms with E-state index in [1.165, 1.54) is 18.2 Å². The summed E-state index contributed by atoms with van der Waals surface area (Å²) in [5.74, 6) is -2.39. The van der Waals surface area contributed by atoms with Crippen LogP contribution in [0.5, 0.6) is 0 Å². The third kappa shape index (κ3) is 7.69. The van der Waals surface area contributed by atoms with Gasteiger partial charge in [-0.2, -0.15) is 18.4 Å². The molecule has 0 radical (unpaired) electrons. The lowest BCUT2D eigenvalue weighted by Crippen LogP contribution is -2.47. The number of alkyl halides is 3. The maximum absolute atomic E-state index is 13.2. The Kier molecular flexibility index (Phi) is 8.70. The SMILES string of the molecule is C[C@@](CS(=O)c1ccc(F)cc1)(OCOP(=O)(O)O)C(=O)Nc1ccc(C#N)c(C(F)(F)F)c1. The number of phosphoric ester groups is 1. The van der Waals surface area contributed by atoms with Gasteiger partial charge in [0.25, 0.3) is 5.91 Å². The van der Waals surface area contributed by atoms with Crippen molar-refractivity contribution in [3.8, 4) is 6.07 Å². The second-order valence-corrected chi connectivity index (χ2v) is 9.57. The number of rotatable bonds is 9. The Morgan fingerprint density at radius 3 is 2.35 bits per heavy atom. The molecule has 2 aromatic carbocycles. The first-order valence-corrected chi connectivity index (χ1v) is 11.9. The number of hydrogen-bond acceptors (Lipinski definition) is 6. The molecule has 2 atom stereocenters. The molecule has 9 nitrogen and oxygen atoms in total. The van der Waals surface area contributed by atoms with Gasteiger partial charge < -0.3 is 19.8 Å². The molecule has 15 heteroatoms. The van der Waals surface area contributed by atoms with Gasteiger partial charge in [0, 0.05) is 10.6 Å². The molecule has 1 unspecified atom stereocenters. The van der Waals surface area contributed by atoms with Crippen molar-refractivity contribution in [1.82, 2.24) is 0 Å². The summed E-state index contributed by atoms with van der Waals surface area (Å²) in [5, 5.41) is 11.0. The summed E-state index contributed by atoms with van der Waals surface area (Å²) in [4.78, 5) is 30.6. The number of nitrogens with zero attached hydrogens (tertiary/aromatic N) is 1. The topological polar surface area (TPSA) is 146 Å². The van der Waals surface area contributed by atoms with Crippen molar-refractivity contribution >= 4 is 30.2 Å². The van der Waals surface area contributed by atoms with Crippen LogP contribution >= 0.6 is 7.82 Å². The first-order valence-electron chi connectivity index (χ1n) is 9.05. The fourth-order valence-corrected chi connectivity index (χ4v) is 4.05. The normalized spacial score (nSPS) is 14.6. The molecule has 2 rings (SSSR count). The van der Waals surface area contributed by atoms with Gasteiger partial charge in [-0.3, -0.25) is 13.5 Å². The van der Waals surface area contributed by atoms with Crippen LogP contribution in [-0.4, -0.2) is 38.0 Å². The zero-order valence-corrected chi connectivity index (χ0v) is 18.9. The van der Waals surface area contributed by atoms with Crippen molar-refractivity contribution in [2.75, 3.05) is 17.9 Å². The Morgan fingerprint density at radius 1 is 1.21 bits per heavy atom. The van der Waals surface area contributed by atoms with E-state index in [4.69, 9.17) is 19.8 Å². The van der Waals surface area contributed by atoms with Crippen LogP contribution in [0.2, 0.25) is 0 Å². The lowest BCUT2D eigenvalue weighted by molar-refractivity contribution is -0.146. The molecule has 0 aromatic heterocycles. The standard InChI is InChI=1S/C19H17F4N2O7PS/c1-18(31-11-32-33(27,28)29,10-34(30)15-6-3-13(20)4-7-15)17(26)25-14-5-2-12(9-24)16(8-14)19(21,22)23/h2-8H,10-11H2,1H3,(H,25,26)(H2,27,28,29)/t18-,34?/m0/s1. The molecule has 0 saturated heterocycles. The second kappa shape index (κ2) is 10.7. The minimum atomic E-state index is -5.01. The molecular formula is C19H17F4N2O7PS. The zero-order valence-electron chi connectivity index (χ0n) is 17.2. The Balaban J connectivity index is 2.33. The fraction of sp³-hybridized carbons (Fsp3) is 0.263. The molecule has 0 saturated carbocycles. The molecule has 3 N–H and O–H groups in total. The molecule has 0 aliphatic heterocycles. The third-order valence-electron chi connectivity index (χ3n) is 4.27. The van der Waals surface area contributed by atoms with Crippen molar-refractivity contribution in [3.63, 3.8) is 0 Å². The Bertz CT molecular complexity index is 1160. The maximum Gasteiger partial charge on any atom is 0.471 e. The van der Waals surface area contributed by atoms with Gasteiger partial charge in [0.1, 0.15) is 5.82 Å². The van der Waals surface area contributed by atoms with Gasteiger partial charge in [-0.15, -0.1) is 0 Å². The van der Waals surface area contributed by atoms with Crippen LogP contribution in [0.25, 0.3) is 0 Å². The number of nitrogens with one attached hydrogen (secondary N) is 1. The molecule has 0 spiro atoms. The largest absolute Gasteiger partial charge is 0.471 e. The highest BCUT2D eigenvalue weighted by molar-refractivity contribution is 7.85. The van der Waals surface area contributed by atoms with Gasteiger partial charge in [0.2, 0.25) is 0 Å². The van der Waals surface area contributed by atoms with Crippen LogP contribution < -0.4 is 5.32 Å². The molecule has 0 aliphatic carbocycles. The monoisotopic (exact) mass is 524 g/mol. The number of carbonyl (C=O) groups is 1. The molecule has 1 amide bonds. The van der Waals surface area contributed by atoms with E-state index in [1.54, 1.807) is 0 Å². The van der Waals surface area contributed by atoms with Crippen molar-refractivity contribution in [3.05, 3.63) is 59.4 Å². The van der Waals surface area contributed by atoms with E-state index in [1.807, 2.05) is 0 Å². The van der Waals surface area contributed by atoms with Crippen molar-refractivity contribution < 1.29 is 50.2 Å². The fourth-order valence-electron chi connectivity index (χ4n) is 2.54. The Morgan fingerprint density at radius 2 is 1.82 bits per heavy atom. The van der Waals surface area contributed by atoms with E-state index in [0.717, 1.165) is 31.2 Å². The third-order valence-corrected chi connectivity index (χ3v) is 6.32. The van der Waals surface area contributed by atoms with Crippen molar-refractivity contribution in [2.24, 2.45) is 0 Å². The number of anilines is 1. The average molecular weight is 524 g/mol. The number of benzene rings is 2. The summed E-state index contributed by atoms with van der Waals surface area (Å²) in [5.41, 5.74) is -4.51. The summed E-state index contributed by atoms with van der Waals surface area (Å²) < 4.78 is 85.7. The van der Waals surface area contributed by atoms with Crippen LogP contribution in [0.3, 0.4) is 0 Å². The van der Waals surface area contributed by atoms with Crippen LogP contribution in [-0.2, 0) is 35.6 Å². The quantitative estimate of drug-likeness (QED) is 0.257. The van der Waals surface area contributed by atoms with Crippen LogP contribution in [0, 0.1) is 17.1 Å². The van der Waals surface area contributed by atoms with E-state index in [-0.39, 0.29) is 10.6 Å². The number of carbonyl (C=O) groups excluding carboxylic acids is 1. The summed E-state index contributed by atoms with van der Waals surface area (Å²) >= 11 is 0. The van der Waals surface area contributed by atoms with Gasteiger partial charge >= 0.3 is 14.0 Å². The van der Waals surface area contributed by atoms with E-state index < -0.39 is 65.8 Å². The molecule has 0 bridgehead atoms. The van der Waals surface area contributed by atoms with Crippen molar-refractivity contribution in [2.45, 2.75) is 23.6 Å². The van der Waals surface area contributed by atoms with Crippen LogP contribution in [0.4, 0.5) is 23.2 Å².